The first-order valence-corrected chi connectivity index (χ1v) is 5.79. The van der Waals surface area contributed by atoms with E-state index in [-0.39, 0.29) is 5.75 Å². The highest BCUT2D eigenvalue weighted by Gasteiger charge is 2.25. The van der Waals surface area contributed by atoms with Gasteiger partial charge in [0.25, 0.3) is 11.4 Å². The van der Waals surface area contributed by atoms with Crippen LogP contribution in [-0.2, 0) is 0 Å². The fraction of sp³-hybridized carbons (Fsp3) is 0. The third kappa shape index (κ3) is 3.20. The SMILES string of the molecule is O=C(Oc1ccc(F)cc1)c1ccc([N+](=O)[O-])cc1[N+](=O)[O-]. The Kier molecular flexibility index (Phi) is 4.07. The minimum Gasteiger partial charge on any atom is -0.423 e. The van der Waals surface area contributed by atoms with E-state index in [0.29, 0.717) is 6.07 Å². The molecular weight excluding hydrogens is 299 g/mol. The zero-order valence-corrected chi connectivity index (χ0v) is 10.8. The lowest BCUT2D eigenvalue weighted by atomic mass is 10.1. The summed E-state index contributed by atoms with van der Waals surface area (Å²) in [5.74, 6) is -1.63. The number of halogens is 1. The van der Waals surface area contributed by atoms with Crippen LogP contribution in [0.15, 0.2) is 42.5 Å². The molecule has 22 heavy (non-hydrogen) atoms. The predicted octanol–water partition coefficient (Wildman–Crippen LogP) is 2.86. The molecule has 0 aliphatic rings. The summed E-state index contributed by atoms with van der Waals surface area (Å²) < 4.78 is 17.6. The van der Waals surface area contributed by atoms with Crippen LogP contribution in [0.1, 0.15) is 10.4 Å². The highest BCUT2D eigenvalue weighted by molar-refractivity contribution is 5.95. The van der Waals surface area contributed by atoms with Crippen LogP contribution in [0.3, 0.4) is 0 Å². The third-order valence-corrected chi connectivity index (χ3v) is 2.63. The van der Waals surface area contributed by atoms with Crippen molar-refractivity contribution in [3.8, 4) is 5.75 Å². The van der Waals surface area contributed by atoms with Gasteiger partial charge in [0.2, 0.25) is 0 Å². The van der Waals surface area contributed by atoms with Gasteiger partial charge in [-0.05, 0) is 30.3 Å². The van der Waals surface area contributed by atoms with Crippen molar-refractivity contribution in [3.05, 3.63) is 74.1 Å². The Morgan fingerprint density at radius 2 is 1.64 bits per heavy atom. The first kappa shape index (κ1) is 15.0. The standard InChI is InChI=1S/C13H7FN2O6/c14-8-1-4-10(5-2-8)22-13(17)11-6-3-9(15(18)19)7-12(11)16(20)21/h1-7H. The van der Waals surface area contributed by atoms with E-state index in [1.54, 1.807) is 0 Å². The summed E-state index contributed by atoms with van der Waals surface area (Å²) >= 11 is 0. The minimum atomic E-state index is -1.08. The molecule has 0 amide bonds. The summed E-state index contributed by atoms with van der Waals surface area (Å²) in [6.45, 7) is 0. The average molecular weight is 306 g/mol. The van der Waals surface area contributed by atoms with Crippen molar-refractivity contribution >= 4 is 17.3 Å². The molecule has 2 aromatic rings. The maximum atomic E-state index is 12.7. The Bertz CT molecular complexity index is 760. The molecule has 0 aliphatic carbocycles. The molecule has 0 unspecified atom stereocenters. The molecule has 0 aromatic heterocycles. The second-order valence-electron chi connectivity index (χ2n) is 4.06. The molecule has 2 aromatic carbocycles. The van der Waals surface area contributed by atoms with Crippen LogP contribution >= 0.6 is 0 Å². The number of carbonyl (C=O) groups is 1. The molecule has 112 valence electrons. The van der Waals surface area contributed by atoms with E-state index in [1.807, 2.05) is 0 Å². The normalized spacial score (nSPS) is 10.0. The molecule has 0 spiro atoms. The Hall–Kier alpha value is -3.36. The predicted molar refractivity (Wildman–Crippen MR) is 71.1 cm³/mol. The van der Waals surface area contributed by atoms with Gasteiger partial charge in [-0.25, -0.2) is 9.18 Å². The van der Waals surface area contributed by atoms with E-state index in [0.717, 1.165) is 24.3 Å². The van der Waals surface area contributed by atoms with Crippen molar-refractivity contribution in [1.29, 1.82) is 0 Å². The van der Waals surface area contributed by atoms with Crippen molar-refractivity contribution in [2.24, 2.45) is 0 Å². The lowest BCUT2D eigenvalue weighted by Crippen LogP contribution is -2.11. The Morgan fingerprint density at radius 3 is 2.18 bits per heavy atom. The summed E-state index contributed by atoms with van der Waals surface area (Å²) in [5.41, 5.74) is -1.72. The zero-order chi connectivity index (χ0) is 16.3. The molecule has 0 N–H and O–H groups in total. The summed E-state index contributed by atoms with van der Waals surface area (Å²) in [6, 6.07) is 6.99. The van der Waals surface area contributed by atoms with E-state index in [4.69, 9.17) is 4.74 Å². The summed E-state index contributed by atoms with van der Waals surface area (Å²) in [4.78, 5) is 31.7. The van der Waals surface area contributed by atoms with E-state index in [2.05, 4.69) is 0 Å². The first-order valence-electron chi connectivity index (χ1n) is 5.79. The van der Waals surface area contributed by atoms with Gasteiger partial charge in [-0.1, -0.05) is 0 Å². The molecule has 0 aliphatic heterocycles. The van der Waals surface area contributed by atoms with Crippen molar-refractivity contribution in [2.45, 2.75) is 0 Å². The second-order valence-corrected chi connectivity index (χ2v) is 4.06. The maximum absolute atomic E-state index is 12.7. The topological polar surface area (TPSA) is 113 Å². The molecule has 8 nitrogen and oxygen atoms in total. The number of nitro groups is 2. The van der Waals surface area contributed by atoms with Gasteiger partial charge in [0.05, 0.1) is 15.9 Å². The molecule has 0 bridgehead atoms. The summed E-state index contributed by atoms with van der Waals surface area (Å²) in [5, 5.41) is 21.5. The summed E-state index contributed by atoms with van der Waals surface area (Å²) in [7, 11) is 0. The lowest BCUT2D eigenvalue weighted by Gasteiger charge is -2.05. The minimum absolute atomic E-state index is 0.0148. The Labute approximate surface area is 122 Å². The number of ether oxygens (including phenoxy) is 1. The number of benzene rings is 2. The molecule has 9 heteroatoms. The molecule has 0 saturated heterocycles. The molecular formula is C13H7FN2O6. The number of hydrogen-bond donors (Lipinski definition) is 0. The number of non-ortho nitro benzene ring substituents is 1. The highest BCUT2D eigenvalue weighted by atomic mass is 19.1. The number of nitro benzene ring substituents is 2. The molecule has 0 atom stereocenters. The van der Waals surface area contributed by atoms with Crippen molar-refractivity contribution in [3.63, 3.8) is 0 Å². The highest BCUT2D eigenvalue weighted by Crippen LogP contribution is 2.26. The molecule has 0 saturated carbocycles. The maximum Gasteiger partial charge on any atom is 0.350 e. The van der Waals surface area contributed by atoms with Crippen LogP contribution in [0, 0.1) is 26.0 Å². The average Bonchev–Trinajstić information content (AvgIpc) is 2.48. The molecule has 0 radical (unpaired) electrons. The van der Waals surface area contributed by atoms with Crippen molar-refractivity contribution in [1.82, 2.24) is 0 Å². The van der Waals surface area contributed by atoms with E-state index < -0.39 is 38.6 Å². The Balaban J connectivity index is 2.34. The van der Waals surface area contributed by atoms with E-state index in [1.165, 1.54) is 12.1 Å². The van der Waals surface area contributed by atoms with Crippen LogP contribution in [-0.4, -0.2) is 15.8 Å². The van der Waals surface area contributed by atoms with Gasteiger partial charge >= 0.3 is 5.97 Å². The fourth-order valence-electron chi connectivity index (χ4n) is 1.62. The lowest BCUT2D eigenvalue weighted by molar-refractivity contribution is -0.394. The fourth-order valence-corrected chi connectivity index (χ4v) is 1.62. The van der Waals surface area contributed by atoms with Crippen LogP contribution in [0.5, 0.6) is 5.75 Å². The van der Waals surface area contributed by atoms with Gasteiger partial charge in [-0.2, -0.15) is 0 Å². The van der Waals surface area contributed by atoms with Gasteiger partial charge in [0.15, 0.2) is 0 Å². The monoisotopic (exact) mass is 306 g/mol. The molecule has 0 fully saturated rings. The van der Waals surface area contributed by atoms with Crippen LogP contribution < -0.4 is 4.74 Å². The Morgan fingerprint density at radius 1 is 1.00 bits per heavy atom. The summed E-state index contributed by atoms with van der Waals surface area (Å²) in [6.07, 6.45) is 0. The smallest absolute Gasteiger partial charge is 0.350 e. The van der Waals surface area contributed by atoms with Crippen LogP contribution in [0.4, 0.5) is 15.8 Å². The molecule has 0 heterocycles. The van der Waals surface area contributed by atoms with E-state index in [9.17, 15) is 29.4 Å². The van der Waals surface area contributed by atoms with Gasteiger partial charge in [-0.3, -0.25) is 20.2 Å². The van der Waals surface area contributed by atoms with Gasteiger partial charge in [0, 0.05) is 6.07 Å². The number of nitrogens with zero attached hydrogens (tertiary/aromatic N) is 2. The zero-order valence-electron chi connectivity index (χ0n) is 10.8. The first-order chi connectivity index (χ1) is 10.4. The van der Waals surface area contributed by atoms with Crippen LogP contribution in [0.2, 0.25) is 0 Å². The van der Waals surface area contributed by atoms with Crippen molar-refractivity contribution < 1.29 is 23.8 Å². The second kappa shape index (κ2) is 5.95. The van der Waals surface area contributed by atoms with Crippen molar-refractivity contribution in [2.75, 3.05) is 0 Å². The third-order valence-electron chi connectivity index (χ3n) is 2.63. The largest absolute Gasteiger partial charge is 0.423 e. The number of carbonyl (C=O) groups excluding carboxylic acids is 1. The number of hydrogen-bond acceptors (Lipinski definition) is 6. The van der Waals surface area contributed by atoms with E-state index >= 15 is 0 Å². The van der Waals surface area contributed by atoms with Gasteiger partial charge < -0.3 is 4.74 Å². The number of rotatable bonds is 4. The quantitative estimate of drug-likeness (QED) is 0.371. The van der Waals surface area contributed by atoms with Gasteiger partial charge in [-0.15, -0.1) is 0 Å². The van der Waals surface area contributed by atoms with Gasteiger partial charge in [0.1, 0.15) is 17.1 Å². The van der Waals surface area contributed by atoms with Crippen LogP contribution in [0.25, 0.3) is 0 Å². The number of esters is 1. The molecule has 2 rings (SSSR count).